The molecule has 0 bridgehead atoms. The molecule has 1 spiro atoms. The molecule has 2 heterocycles. The third-order valence-corrected chi connectivity index (χ3v) is 5.49. The van der Waals surface area contributed by atoms with Crippen LogP contribution in [0.4, 0.5) is 18.9 Å². The maximum atomic E-state index is 14.7. The second-order valence-corrected chi connectivity index (χ2v) is 7.22. The van der Waals surface area contributed by atoms with Crippen LogP contribution in [-0.4, -0.2) is 23.5 Å². The molecule has 2 aliphatic rings. The molecule has 2 aromatic rings. The van der Waals surface area contributed by atoms with Gasteiger partial charge in [0.15, 0.2) is 11.5 Å². The number of amidine groups is 1. The molecule has 4 rings (SSSR count). The van der Waals surface area contributed by atoms with Crippen LogP contribution in [0.5, 0.6) is 0 Å². The second-order valence-electron chi connectivity index (χ2n) is 7.22. The minimum Gasteiger partial charge on any atom is -0.465 e. The maximum absolute atomic E-state index is 14.7. The van der Waals surface area contributed by atoms with Crippen molar-refractivity contribution < 1.29 is 22.7 Å². The molecule has 6 nitrogen and oxygen atoms in total. The average molecular weight is 390 g/mol. The standard InChI is InChI=1S/C19H17F3N4O2/c1-18(19(4-5-19)9-28-17(23)26-18)12-7-11(2-3-13(12)21)25-16(27)15-14(22)6-10(20)8-24-15/h2-3,6-8H,4-5,9H2,1H3,(H2,23,26)(H,25,27)/t18-/m1/s1. The number of carbonyl (C=O) groups is 1. The van der Waals surface area contributed by atoms with E-state index < -0.39 is 34.6 Å². The van der Waals surface area contributed by atoms with Gasteiger partial charge >= 0.3 is 0 Å². The van der Waals surface area contributed by atoms with Gasteiger partial charge < -0.3 is 15.8 Å². The summed E-state index contributed by atoms with van der Waals surface area (Å²) in [5.41, 5.74) is 4.32. The van der Waals surface area contributed by atoms with Gasteiger partial charge in [-0.1, -0.05) is 0 Å². The van der Waals surface area contributed by atoms with E-state index in [4.69, 9.17) is 10.5 Å². The molecule has 9 heteroatoms. The second kappa shape index (κ2) is 6.22. The highest BCUT2D eigenvalue weighted by molar-refractivity contribution is 6.03. The number of aliphatic imine (C=N–C) groups is 1. The molecule has 1 aromatic carbocycles. The Kier molecular flexibility index (Phi) is 4.06. The van der Waals surface area contributed by atoms with Crippen molar-refractivity contribution in [1.82, 2.24) is 4.98 Å². The summed E-state index contributed by atoms with van der Waals surface area (Å²) in [6, 6.07) is 4.52. The van der Waals surface area contributed by atoms with Crippen LogP contribution >= 0.6 is 0 Å². The molecule has 0 radical (unpaired) electrons. The van der Waals surface area contributed by atoms with E-state index in [9.17, 15) is 18.0 Å². The molecule has 28 heavy (non-hydrogen) atoms. The number of aromatic nitrogens is 1. The molecule has 1 aromatic heterocycles. The minimum atomic E-state index is -1.09. The molecule has 1 amide bonds. The first-order chi connectivity index (χ1) is 13.2. The lowest BCUT2D eigenvalue weighted by Crippen LogP contribution is -2.43. The molecule has 1 aliphatic carbocycles. The van der Waals surface area contributed by atoms with Crippen LogP contribution in [-0.2, 0) is 10.3 Å². The number of nitrogens with zero attached hydrogens (tertiary/aromatic N) is 2. The average Bonchev–Trinajstić information content (AvgIpc) is 3.41. The van der Waals surface area contributed by atoms with Gasteiger partial charge in [-0.25, -0.2) is 23.1 Å². The Labute approximate surface area is 158 Å². The quantitative estimate of drug-likeness (QED) is 0.843. The van der Waals surface area contributed by atoms with Gasteiger partial charge in [0.1, 0.15) is 17.2 Å². The van der Waals surface area contributed by atoms with E-state index in [-0.39, 0.29) is 22.7 Å². The van der Waals surface area contributed by atoms with E-state index >= 15 is 0 Å². The SMILES string of the molecule is C[C@]1(c2cc(NC(=O)c3ncc(F)cc3F)ccc2F)N=C(N)OCC12CC2. The molecule has 1 aliphatic heterocycles. The van der Waals surface area contributed by atoms with E-state index in [1.54, 1.807) is 6.92 Å². The fraction of sp³-hybridized carbons (Fsp3) is 0.316. The Balaban J connectivity index is 1.68. The molecule has 3 N–H and O–H groups in total. The number of pyridine rings is 1. The van der Waals surface area contributed by atoms with Crippen LogP contribution in [0.1, 0.15) is 35.8 Å². The number of ether oxygens (including phenoxy) is 1. The third kappa shape index (κ3) is 2.87. The van der Waals surface area contributed by atoms with Gasteiger partial charge in [-0.3, -0.25) is 4.79 Å². The van der Waals surface area contributed by atoms with Gasteiger partial charge in [0.05, 0.1) is 12.8 Å². The number of anilines is 1. The van der Waals surface area contributed by atoms with Crippen molar-refractivity contribution >= 4 is 17.6 Å². The fourth-order valence-electron chi connectivity index (χ4n) is 3.60. The van der Waals surface area contributed by atoms with Gasteiger partial charge in [0, 0.05) is 22.7 Å². The summed E-state index contributed by atoms with van der Waals surface area (Å²) in [4.78, 5) is 20.1. The van der Waals surface area contributed by atoms with Gasteiger partial charge in [-0.15, -0.1) is 0 Å². The smallest absolute Gasteiger partial charge is 0.282 e. The van der Waals surface area contributed by atoms with E-state index in [0.717, 1.165) is 19.0 Å². The summed E-state index contributed by atoms with van der Waals surface area (Å²) >= 11 is 0. The Morgan fingerprint density at radius 2 is 1.96 bits per heavy atom. The van der Waals surface area contributed by atoms with Crippen molar-refractivity contribution in [2.24, 2.45) is 16.1 Å². The first-order valence-electron chi connectivity index (χ1n) is 8.65. The van der Waals surface area contributed by atoms with Crippen molar-refractivity contribution in [3.05, 3.63) is 59.2 Å². The Morgan fingerprint density at radius 3 is 2.64 bits per heavy atom. The molecule has 0 unspecified atom stereocenters. The third-order valence-electron chi connectivity index (χ3n) is 5.49. The predicted octanol–water partition coefficient (Wildman–Crippen LogP) is 3.09. The van der Waals surface area contributed by atoms with E-state index in [1.165, 1.54) is 18.2 Å². The van der Waals surface area contributed by atoms with Gasteiger partial charge in [0.25, 0.3) is 11.9 Å². The van der Waals surface area contributed by atoms with Crippen LogP contribution in [0.25, 0.3) is 0 Å². The zero-order valence-corrected chi connectivity index (χ0v) is 14.9. The maximum Gasteiger partial charge on any atom is 0.282 e. The summed E-state index contributed by atoms with van der Waals surface area (Å²) in [6.45, 7) is 2.11. The molecule has 1 fully saturated rings. The Hall–Kier alpha value is -3.10. The molecular formula is C19H17F3N4O2. The number of nitrogens with two attached hydrogens (primary N) is 1. The van der Waals surface area contributed by atoms with E-state index in [0.29, 0.717) is 12.7 Å². The monoisotopic (exact) mass is 390 g/mol. The Bertz CT molecular complexity index is 1010. The topological polar surface area (TPSA) is 89.6 Å². The number of carbonyl (C=O) groups excluding carboxylic acids is 1. The largest absolute Gasteiger partial charge is 0.465 e. The molecule has 146 valence electrons. The predicted molar refractivity (Wildman–Crippen MR) is 95.1 cm³/mol. The fourth-order valence-corrected chi connectivity index (χ4v) is 3.60. The molecule has 1 atom stereocenters. The molecule has 0 saturated heterocycles. The van der Waals surface area contributed by atoms with Crippen molar-refractivity contribution in [2.75, 3.05) is 11.9 Å². The summed E-state index contributed by atoms with van der Waals surface area (Å²) in [7, 11) is 0. The van der Waals surface area contributed by atoms with Crippen molar-refractivity contribution in [1.29, 1.82) is 0 Å². The summed E-state index contributed by atoms with van der Waals surface area (Å²) < 4.78 is 46.8. The number of amides is 1. The van der Waals surface area contributed by atoms with Crippen LogP contribution < -0.4 is 11.1 Å². The van der Waals surface area contributed by atoms with Crippen molar-refractivity contribution in [3.63, 3.8) is 0 Å². The molecular weight excluding hydrogens is 373 g/mol. The van der Waals surface area contributed by atoms with Crippen LogP contribution in [0, 0.1) is 22.9 Å². The lowest BCUT2D eigenvalue weighted by atomic mass is 9.76. The zero-order valence-electron chi connectivity index (χ0n) is 14.9. The number of hydrogen-bond acceptors (Lipinski definition) is 5. The van der Waals surface area contributed by atoms with Gasteiger partial charge in [-0.2, -0.15) is 0 Å². The van der Waals surface area contributed by atoms with Crippen molar-refractivity contribution in [2.45, 2.75) is 25.3 Å². The number of benzene rings is 1. The zero-order chi connectivity index (χ0) is 20.1. The number of halogens is 3. The lowest BCUT2D eigenvalue weighted by molar-refractivity contribution is 0.101. The van der Waals surface area contributed by atoms with Crippen LogP contribution in [0.2, 0.25) is 0 Å². The normalized spacial score (nSPS) is 22.4. The number of hydrogen-bond donors (Lipinski definition) is 2. The summed E-state index contributed by atoms with van der Waals surface area (Å²) in [5, 5.41) is 2.46. The highest BCUT2D eigenvalue weighted by atomic mass is 19.1. The van der Waals surface area contributed by atoms with Gasteiger partial charge in [-0.05, 0) is 38.0 Å². The summed E-state index contributed by atoms with van der Waals surface area (Å²) in [6.07, 6.45) is 2.35. The lowest BCUT2D eigenvalue weighted by Gasteiger charge is -2.38. The highest BCUT2D eigenvalue weighted by Gasteiger charge is 2.61. The number of rotatable bonds is 3. The van der Waals surface area contributed by atoms with E-state index in [2.05, 4.69) is 15.3 Å². The van der Waals surface area contributed by atoms with E-state index in [1.807, 2.05) is 0 Å². The summed E-state index contributed by atoms with van der Waals surface area (Å²) in [5.74, 6) is -3.37. The van der Waals surface area contributed by atoms with Crippen molar-refractivity contribution in [3.8, 4) is 0 Å². The first kappa shape index (κ1) is 18.3. The van der Waals surface area contributed by atoms with Crippen LogP contribution in [0.3, 0.4) is 0 Å². The van der Waals surface area contributed by atoms with Gasteiger partial charge in [0.2, 0.25) is 0 Å². The minimum absolute atomic E-state index is 0.0218. The Morgan fingerprint density at radius 1 is 1.21 bits per heavy atom. The molecule has 1 saturated carbocycles. The number of nitrogens with one attached hydrogen (secondary N) is 1. The first-order valence-corrected chi connectivity index (χ1v) is 8.65. The highest BCUT2D eigenvalue weighted by Crippen LogP contribution is 2.62. The van der Waals surface area contributed by atoms with Crippen LogP contribution in [0.15, 0.2) is 35.5 Å².